The van der Waals surface area contributed by atoms with Crippen LogP contribution in [0, 0.1) is 16.6 Å². The van der Waals surface area contributed by atoms with Crippen molar-refractivity contribution >= 4 is 11.5 Å². The number of halogens is 1. The molecule has 0 spiro atoms. The molecule has 0 saturated carbocycles. The van der Waals surface area contributed by atoms with E-state index in [1.54, 1.807) is 25.1 Å². The van der Waals surface area contributed by atoms with Gasteiger partial charge < -0.3 is 11.1 Å². The van der Waals surface area contributed by atoms with Gasteiger partial charge >= 0.3 is 0 Å². The standard InChI is InChI=1S/C12H15FN4/c1-8(6-11(14)12(15)16)17-7-9-4-2-3-5-10(9)13/h2-6,14,17H,7H2,1H3,(H3,15,16)/b8-6-,14-11?. The molecule has 0 saturated heterocycles. The predicted octanol–water partition coefficient (Wildman–Crippen LogP) is 1.77. The summed E-state index contributed by atoms with van der Waals surface area (Å²) in [6, 6.07) is 6.48. The summed E-state index contributed by atoms with van der Waals surface area (Å²) < 4.78 is 13.3. The second-order valence-electron chi connectivity index (χ2n) is 3.60. The Morgan fingerprint density at radius 1 is 1.41 bits per heavy atom. The lowest BCUT2D eigenvalue weighted by molar-refractivity contribution is 0.601. The topological polar surface area (TPSA) is 85.8 Å². The van der Waals surface area contributed by atoms with Gasteiger partial charge in [0, 0.05) is 17.8 Å². The number of rotatable bonds is 5. The molecule has 1 aromatic rings. The number of hydrogen-bond acceptors (Lipinski definition) is 3. The molecule has 0 aromatic heterocycles. The van der Waals surface area contributed by atoms with E-state index in [2.05, 4.69) is 5.32 Å². The zero-order valence-electron chi connectivity index (χ0n) is 9.55. The molecule has 0 aliphatic rings. The van der Waals surface area contributed by atoms with Crippen molar-refractivity contribution in [1.82, 2.24) is 5.32 Å². The van der Waals surface area contributed by atoms with Gasteiger partial charge in [-0.15, -0.1) is 0 Å². The van der Waals surface area contributed by atoms with Gasteiger partial charge in [0.15, 0.2) is 0 Å². The van der Waals surface area contributed by atoms with Crippen LogP contribution >= 0.6 is 0 Å². The van der Waals surface area contributed by atoms with E-state index >= 15 is 0 Å². The van der Waals surface area contributed by atoms with Crippen LogP contribution < -0.4 is 11.1 Å². The highest BCUT2D eigenvalue weighted by atomic mass is 19.1. The van der Waals surface area contributed by atoms with Crippen molar-refractivity contribution in [3.8, 4) is 0 Å². The summed E-state index contributed by atoms with van der Waals surface area (Å²) in [5.41, 5.74) is 6.29. The Labute approximate surface area is 99.4 Å². The molecule has 0 heterocycles. The van der Waals surface area contributed by atoms with E-state index in [-0.39, 0.29) is 17.4 Å². The summed E-state index contributed by atoms with van der Waals surface area (Å²) in [5, 5.41) is 17.4. The highest BCUT2D eigenvalue weighted by molar-refractivity contribution is 6.42. The van der Waals surface area contributed by atoms with Gasteiger partial charge in [-0.1, -0.05) is 18.2 Å². The second kappa shape index (κ2) is 5.79. The monoisotopic (exact) mass is 234 g/mol. The molecule has 17 heavy (non-hydrogen) atoms. The average Bonchev–Trinajstić information content (AvgIpc) is 2.27. The summed E-state index contributed by atoms with van der Waals surface area (Å²) >= 11 is 0. The number of nitrogens with one attached hydrogen (secondary N) is 3. The lowest BCUT2D eigenvalue weighted by Crippen LogP contribution is -2.21. The highest BCUT2D eigenvalue weighted by Gasteiger charge is 2.01. The summed E-state index contributed by atoms with van der Waals surface area (Å²) in [5.74, 6) is -0.563. The van der Waals surface area contributed by atoms with Crippen LogP contribution in [0.1, 0.15) is 12.5 Å². The van der Waals surface area contributed by atoms with Gasteiger partial charge in [-0.3, -0.25) is 10.8 Å². The Bertz CT molecular complexity index is 465. The van der Waals surface area contributed by atoms with Gasteiger partial charge in [0.25, 0.3) is 0 Å². The molecule has 1 rings (SSSR count). The van der Waals surface area contributed by atoms with Crippen molar-refractivity contribution in [2.45, 2.75) is 13.5 Å². The van der Waals surface area contributed by atoms with Gasteiger partial charge in [0.2, 0.25) is 0 Å². The quantitative estimate of drug-likeness (QED) is 0.462. The van der Waals surface area contributed by atoms with Crippen molar-refractivity contribution in [3.05, 3.63) is 47.4 Å². The van der Waals surface area contributed by atoms with Crippen LogP contribution in [0.15, 0.2) is 36.0 Å². The number of amidine groups is 1. The third-order valence-electron chi connectivity index (χ3n) is 2.17. The number of hydrogen-bond donors (Lipinski definition) is 4. The van der Waals surface area contributed by atoms with Crippen LogP contribution in [0.5, 0.6) is 0 Å². The van der Waals surface area contributed by atoms with Gasteiger partial charge in [-0.05, 0) is 19.1 Å². The maximum Gasteiger partial charge on any atom is 0.141 e. The molecule has 5 heteroatoms. The Kier molecular flexibility index (Phi) is 4.39. The van der Waals surface area contributed by atoms with Gasteiger partial charge in [-0.2, -0.15) is 0 Å². The zero-order chi connectivity index (χ0) is 12.8. The number of nitrogens with two attached hydrogens (primary N) is 1. The summed E-state index contributed by atoms with van der Waals surface area (Å²) in [4.78, 5) is 0. The van der Waals surface area contributed by atoms with E-state index in [0.717, 1.165) is 0 Å². The van der Waals surface area contributed by atoms with E-state index in [4.69, 9.17) is 16.6 Å². The fourth-order valence-corrected chi connectivity index (χ4v) is 1.22. The first-order valence-electron chi connectivity index (χ1n) is 5.09. The van der Waals surface area contributed by atoms with E-state index in [9.17, 15) is 4.39 Å². The Morgan fingerprint density at radius 2 is 2.06 bits per heavy atom. The first-order chi connectivity index (χ1) is 8.00. The first kappa shape index (κ1) is 12.9. The molecule has 1 aromatic carbocycles. The second-order valence-corrected chi connectivity index (χ2v) is 3.60. The molecule has 4 nitrogen and oxygen atoms in total. The van der Waals surface area contributed by atoms with Crippen LogP contribution in [0.3, 0.4) is 0 Å². The smallest absolute Gasteiger partial charge is 0.141 e. The fourth-order valence-electron chi connectivity index (χ4n) is 1.22. The minimum atomic E-state index is -0.294. The molecular weight excluding hydrogens is 219 g/mol. The van der Waals surface area contributed by atoms with E-state index in [0.29, 0.717) is 17.8 Å². The molecule has 0 radical (unpaired) electrons. The Hall–Kier alpha value is -2.17. The molecule has 0 unspecified atom stereocenters. The fraction of sp³-hybridized carbons (Fsp3) is 0.167. The van der Waals surface area contributed by atoms with Gasteiger partial charge in [-0.25, -0.2) is 4.39 Å². The maximum atomic E-state index is 13.3. The summed E-state index contributed by atoms with van der Waals surface area (Å²) in [6.45, 7) is 2.07. The molecule has 0 aliphatic carbocycles. The van der Waals surface area contributed by atoms with Crippen molar-refractivity contribution in [3.63, 3.8) is 0 Å². The Balaban J connectivity index is 2.60. The largest absolute Gasteiger partial charge is 0.384 e. The summed E-state index contributed by atoms with van der Waals surface area (Å²) in [7, 11) is 0. The van der Waals surface area contributed by atoms with Crippen molar-refractivity contribution in [2.75, 3.05) is 0 Å². The van der Waals surface area contributed by atoms with Crippen LogP contribution in [0.25, 0.3) is 0 Å². The molecule has 0 aliphatic heterocycles. The van der Waals surface area contributed by atoms with Crippen LogP contribution in [-0.4, -0.2) is 11.5 Å². The molecule has 0 fully saturated rings. The van der Waals surface area contributed by atoms with Crippen LogP contribution in [-0.2, 0) is 6.54 Å². The number of allylic oxidation sites excluding steroid dienone is 1. The minimum Gasteiger partial charge on any atom is -0.384 e. The van der Waals surface area contributed by atoms with E-state index < -0.39 is 0 Å². The third-order valence-corrected chi connectivity index (χ3v) is 2.17. The SMILES string of the molecule is C/C(=C/C(=N)C(=N)N)NCc1ccccc1F. The van der Waals surface area contributed by atoms with E-state index in [1.165, 1.54) is 12.1 Å². The summed E-state index contributed by atoms with van der Waals surface area (Å²) in [6.07, 6.45) is 1.43. The molecule has 90 valence electrons. The maximum absolute atomic E-state index is 13.3. The normalized spacial score (nSPS) is 11.1. The highest BCUT2D eigenvalue weighted by Crippen LogP contribution is 2.06. The third kappa shape index (κ3) is 4.06. The predicted molar refractivity (Wildman–Crippen MR) is 66.6 cm³/mol. The molecule has 5 N–H and O–H groups in total. The molecule has 0 atom stereocenters. The van der Waals surface area contributed by atoms with Crippen molar-refractivity contribution in [2.24, 2.45) is 5.73 Å². The first-order valence-corrected chi connectivity index (χ1v) is 5.09. The Morgan fingerprint density at radius 3 is 2.65 bits per heavy atom. The van der Waals surface area contributed by atoms with Crippen LogP contribution in [0.4, 0.5) is 4.39 Å². The number of benzene rings is 1. The van der Waals surface area contributed by atoms with Crippen LogP contribution in [0.2, 0.25) is 0 Å². The molecular formula is C12H15FN4. The molecule has 0 bridgehead atoms. The lowest BCUT2D eigenvalue weighted by Gasteiger charge is -2.07. The van der Waals surface area contributed by atoms with Crippen molar-refractivity contribution < 1.29 is 4.39 Å². The average molecular weight is 234 g/mol. The van der Waals surface area contributed by atoms with Gasteiger partial charge in [0.1, 0.15) is 11.7 Å². The van der Waals surface area contributed by atoms with E-state index in [1.807, 2.05) is 0 Å². The lowest BCUT2D eigenvalue weighted by atomic mass is 10.2. The minimum absolute atomic E-state index is 0.0662. The van der Waals surface area contributed by atoms with Gasteiger partial charge in [0.05, 0.1) is 5.71 Å². The molecule has 0 amide bonds. The zero-order valence-corrected chi connectivity index (χ0v) is 9.55. The van der Waals surface area contributed by atoms with Crippen molar-refractivity contribution in [1.29, 1.82) is 10.8 Å².